The van der Waals surface area contributed by atoms with Crippen LogP contribution < -0.4 is 0 Å². The molecule has 0 bridgehead atoms. The van der Waals surface area contributed by atoms with E-state index in [4.69, 9.17) is 0 Å². The summed E-state index contributed by atoms with van der Waals surface area (Å²) >= 11 is 0. The van der Waals surface area contributed by atoms with Crippen LogP contribution in [0.1, 0.15) is 36.9 Å². The van der Waals surface area contributed by atoms with Gasteiger partial charge in [0, 0.05) is 54.0 Å². The molecule has 0 spiro atoms. The van der Waals surface area contributed by atoms with E-state index in [1.807, 2.05) is 0 Å². The molecule has 0 saturated carbocycles. The second kappa shape index (κ2) is 7.81. The molecule has 4 aromatic rings. The molecule has 2 aliphatic rings. The van der Waals surface area contributed by atoms with Crippen LogP contribution in [0.25, 0.3) is 21.8 Å². The van der Waals surface area contributed by atoms with Crippen molar-refractivity contribution < 1.29 is 0 Å². The normalized spacial score (nSPS) is 22.4. The number of fused-ring (bicyclic) bond motifs is 4. The molecular weight excluding hydrogens is 378 g/mol. The van der Waals surface area contributed by atoms with E-state index >= 15 is 0 Å². The molecule has 2 saturated heterocycles. The summed E-state index contributed by atoms with van der Waals surface area (Å²) in [6, 6.07) is 28.4. The van der Waals surface area contributed by atoms with Gasteiger partial charge in [0.1, 0.15) is 0 Å². The summed E-state index contributed by atoms with van der Waals surface area (Å²) in [6.07, 6.45) is 2.66. The van der Waals surface area contributed by atoms with Crippen LogP contribution in [0, 0.1) is 0 Å². The molecule has 0 radical (unpaired) electrons. The van der Waals surface area contributed by atoms with Crippen molar-refractivity contribution >= 4 is 21.8 Å². The van der Waals surface area contributed by atoms with E-state index in [-0.39, 0.29) is 0 Å². The monoisotopic (exact) mass is 409 g/mol. The van der Waals surface area contributed by atoms with Gasteiger partial charge in [-0.05, 0) is 55.6 Å². The maximum absolute atomic E-state index is 2.74. The van der Waals surface area contributed by atoms with Gasteiger partial charge in [-0.2, -0.15) is 0 Å². The molecule has 3 heteroatoms. The number of para-hydroxylation sites is 1. The minimum Gasteiger partial charge on any atom is -0.341 e. The SMILES string of the molecule is CCn1c2ccccc2c2cc(CN3CCN4CCCC4C3c3ccccc3)ccc21. The second-order valence-corrected chi connectivity index (χ2v) is 9.18. The Morgan fingerprint density at radius 1 is 0.806 bits per heavy atom. The number of aryl methyl sites for hydroxylation is 1. The summed E-state index contributed by atoms with van der Waals surface area (Å²) in [4.78, 5) is 5.47. The molecule has 2 atom stereocenters. The number of aromatic nitrogens is 1. The van der Waals surface area contributed by atoms with Crippen molar-refractivity contribution in [1.82, 2.24) is 14.4 Å². The highest BCUT2D eigenvalue weighted by atomic mass is 15.3. The van der Waals surface area contributed by atoms with Crippen LogP contribution >= 0.6 is 0 Å². The molecule has 6 rings (SSSR count). The van der Waals surface area contributed by atoms with Crippen molar-refractivity contribution in [3.8, 4) is 0 Å². The van der Waals surface area contributed by atoms with E-state index in [9.17, 15) is 0 Å². The molecule has 1 aromatic heterocycles. The lowest BCUT2D eigenvalue weighted by Gasteiger charge is -2.45. The molecule has 3 nitrogen and oxygen atoms in total. The predicted octanol–water partition coefficient (Wildman–Crippen LogP) is 5.84. The molecule has 0 amide bonds. The van der Waals surface area contributed by atoms with Crippen LogP contribution in [0.5, 0.6) is 0 Å². The Morgan fingerprint density at radius 3 is 2.48 bits per heavy atom. The van der Waals surface area contributed by atoms with Crippen molar-refractivity contribution in [3.05, 3.63) is 83.9 Å². The standard InChI is InChI=1S/C28H31N3/c1-2-31-25-12-7-6-11-23(25)24-19-21(14-15-26(24)31)20-30-18-17-29-16-8-13-27(29)28(30)22-9-4-3-5-10-22/h3-7,9-12,14-15,19,27-28H,2,8,13,16-18,20H2,1H3. The zero-order valence-corrected chi connectivity index (χ0v) is 18.4. The van der Waals surface area contributed by atoms with Crippen molar-refractivity contribution in [1.29, 1.82) is 0 Å². The number of rotatable bonds is 4. The maximum Gasteiger partial charge on any atom is 0.0507 e. The number of piperazine rings is 1. The Balaban J connectivity index is 1.38. The van der Waals surface area contributed by atoms with E-state index in [1.54, 1.807) is 0 Å². The average molecular weight is 410 g/mol. The molecule has 3 aromatic carbocycles. The fraction of sp³-hybridized carbons (Fsp3) is 0.357. The maximum atomic E-state index is 2.74. The number of benzene rings is 3. The predicted molar refractivity (Wildman–Crippen MR) is 129 cm³/mol. The van der Waals surface area contributed by atoms with Gasteiger partial charge in [-0.3, -0.25) is 9.80 Å². The fourth-order valence-electron chi connectivity index (χ4n) is 6.16. The summed E-state index contributed by atoms with van der Waals surface area (Å²) in [5.41, 5.74) is 5.60. The van der Waals surface area contributed by atoms with Gasteiger partial charge in [-0.15, -0.1) is 0 Å². The minimum absolute atomic E-state index is 0.491. The second-order valence-electron chi connectivity index (χ2n) is 9.18. The third-order valence-electron chi connectivity index (χ3n) is 7.53. The summed E-state index contributed by atoms with van der Waals surface area (Å²) in [6.45, 7) is 7.88. The first-order valence-corrected chi connectivity index (χ1v) is 11.9. The van der Waals surface area contributed by atoms with Crippen molar-refractivity contribution in [2.24, 2.45) is 0 Å². The molecule has 3 heterocycles. The molecule has 158 valence electrons. The number of nitrogens with zero attached hydrogens (tertiary/aromatic N) is 3. The smallest absolute Gasteiger partial charge is 0.0507 e. The van der Waals surface area contributed by atoms with Gasteiger partial charge in [-0.25, -0.2) is 0 Å². The summed E-state index contributed by atoms with van der Waals surface area (Å²) in [5.74, 6) is 0. The van der Waals surface area contributed by atoms with Gasteiger partial charge in [0.15, 0.2) is 0 Å². The van der Waals surface area contributed by atoms with Crippen molar-refractivity contribution in [2.75, 3.05) is 19.6 Å². The quantitative estimate of drug-likeness (QED) is 0.420. The van der Waals surface area contributed by atoms with E-state index in [2.05, 4.69) is 94.1 Å². The lowest BCUT2D eigenvalue weighted by Crippen LogP contribution is -2.51. The van der Waals surface area contributed by atoms with Gasteiger partial charge in [-0.1, -0.05) is 54.6 Å². The highest BCUT2D eigenvalue weighted by Gasteiger charge is 2.39. The first-order chi connectivity index (χ1) is 15.3. The van der Waals surface area contributed by atoms with E-state index in [0.29, 0.717) is 12.1 Å². The number of hydrogen-bond acceptors (Lipinski definition) is 2. The van der Waals surface area contributed by atoms with Crippen LogP contribution in [-0.2, 0) is 13.1 Å². The van der Waals surface area contributed by atoms with Crippen LogP contribution in [0.15, 0.2) is 72.8 Å². The van der Waals surface area contributed by atoms with E-state index < -0.39 is 0 Å². The summed E-state index contributed by atoms with van der Waals surface area (Å²) in [5, 5.41) is 2.77. The molecule has 2 fully saturated rings. The molecule has 0 N–H and O–H groups in total. The Morgan fingerprint density at radius 2 is 1.61 bits per heavy atom. The van der Waals surface area contributed by atoms with E-state index in [0.717, 1.165) is 19.6 Å². The average Bonchev–Trinajstić information content (AvgIpc) is 3.42. The zero-order valence-electron chi connectivity index (χ0n) is 18.4. The third-order valence-corrected chi connectivity index (χ3v) is 7.53. The minimum atomic E-state index is 0.491. The number of hydrogen-bond donors (Lipinski definition) is 0. The van der Waals surface area contributed by atoms with Gasteiger partial charge in [0.05, 0.1) is 6.04 Å². The van der Waals surface area contributed by atoms with Crippen LogP contribution in [0.4, 0.5) is 0 Å². The lowest BCUT2D eigenvalue weighted by molar-refractivity contribution is 0.0365. The zero-order chi connectivity index (χ0) is 20.8. The first-order valence-electron chi connectivity index (χ1n) is 11.9. The fourth-order valence-corrected chi connectivity index (χ4v) is 6.16. The van der Waals surface area contributed by atoms with Crippen molar-refractivity contribution in [2.45, 2.75) is 44.9 Å². The van der Waals surface area contributed by atoms with Crippen LogP contribution in [-0.4, -0.2) is 40.0 Å². The largest absolute Gasteiger partial charge is 0.341 e. The van der Waals surface area contributed by atoms with Gasteiger partial charge in [0.2, 0.25) is 0 Å². The van der Waals surface area contributed by atoms with Crippen LogP contribution in [0.3, 0.4) is 0 Å². The molecular formula is C28H31N3. The Kier molecular flexibility index (Phi) is 4.81. The Bertz CT molecular complexity index is 1210. The third kappa shape index (κ3) is 3.19. The van der Waals surface area contributed by atoms with Gasteiger partial charge < -0.3 is 4.57 Å². The molecule has 2 aliphatic heterocycles. The van der Waals surface area contributed by atoms with Gasteiger partial charge in [0.25, 0.3) is 0 Å². The van der Waals surface area contributed by atoms with E-state index in [1.165, 1.54) is 58.9 Å². The molecule has 31 heavy (non-hydrogen) atoms. The van der Waals surface area contributed by atoms with Crippen LogP contribution in [0.2, 0.25) is 0 Å². The summed E-state index contributed by atoms with van der Waals surface area (Å²) < 4.78 is 2.44. The highest BCUT2D eigenvalue weighted by Crippen LogP contribution is 2.38. The first kappa shape index (κ1) is 19.1. The topological polar surface area (TPSA) is 11.4 Å². The molecule has 0 aliphatic carbocycles. The molecule has 2 unspecified atom stereocenters. The Labute approximate surface area is 184 Å². The Hall–Kier alpha value is -2.62. The summed E-state index contributed by atoms with van der Waals surface area (Å²) in [7, 11) is 0. The lowest BCUT2D eigenvalue weighted by atomic mass is 9.93. The van der Waals surface area contributed by atoms with Gasteiger partial charge >= 0.3 is 0 Å². The van der Waals surface area contributed by atoms with Crippen molar-refractivity contribution in [3.63, 3.8) is 0 Å². The highest BCUT2D eigenvalue weighted by molar-refractivity contribution is 6.08.